The molecule has 0 aliphatic heterocycles. The van der Waals surface area contributed by atoms with Crippen molar-refractivity contribution in [1.29, 1.82) is 0 Å². The molecule has 12 heteroatoms. The SMILES string of the molecule is CCS(=O)(=O)Nc1cccc(Cc2c(CN(C)C)c3cc(Cl)c(OC(=O)NC)cc3oc2=O)c1Cl. The van der Waals surface area contributed by atoms with Gasteiger partial charge in [0.15, 0.2) is 5.75 Å². The minimum atomic E-state index is -3.54. The third-order valence-corrected chi connectivity index (χ3v) is 7.18. The van der Waals surface area contributed by atoms with E-state index in [0.29, 0.717) is 28.6 Å². The van der Waals surface area contributed by atoms with E-state index in [1.165, 1.54) is 20.0 Å². The van der Waals surface area contributed by atoms with Gasteiger partial charge in [-0.2, -0.15) is 0 Å². The van der Waals surface area contributed by atoms with Gasteiger partial charge in [-0.05, 0) is 44.3 Å². The maximum absolute atomic E-state index is 13.1. The van der Waals surface area contributed by atoms with Crippen molar-refractivity contribution in [2.75, 3.05) is 31.6 Å². The molecule has 35 heavy (non-hydrogen) atoms. The molecule has 3 aromatic rings. The van der Waals surface area contributed by atoms with Crippen molar-refractivity contribution in [3.8, 4) is 5.75 Å². The maximum atomic E-state index is 13.1. The molecule has 0 saturated carbocycles. The summed E-state index contributed by atoms with van der Waals surface area (Å²) in [5, 5.41) is 3.25. The van der Waals surface area contributed by atoms with Crippen LogP contribution in [0, 0.1) is 0 Å². The first kappa shape index (κ1) is 26.8. The van der Waals surface area contributed by atoms with Gasteiger partial charge in [0.25, 0.3) is 0 Å². The molecule has 1 amide bonds. The van der Waals surface area contributed by atoms with Crippen molar-refractivity contribution in [1.82, 2.24) is 10.2 Å². The number of halogens is 2. The Labute approximate surface area is 213 Å². The molecule has 0 fully saturated rings. The number of anilines is 1. The molecule has 0 aliphatic rings. The van der Waals surface area contributed by atoms with Crippen LogP contribution in [0.3, 0.4) is 0 Å². The van der Waals surface area contributed by atoms with Crippen LogP contribution in [0.2, 0.25) is 10.0 Å². The average molecular weight is 542 g/mol. The van der Waals surface area contributed by atoms with Gasteiger partial charge in [0.1, 0.15) is 5.58 Å². The van der Waals surface area contributed by atoms with Crippen molar-refractivity contribution in [2.45, 2.75) is 19.9 Å². The third kappa shape index (κ3) is 6.26. The summed E-state index contributed by atoms with van der Waals surface area (Å²) in [6.07, 6.45) is -0.622. The molecule has 2 N–H and O–H groups in total. The minimum Gasteiger partial charge on any atom is -0.422 e. The van der Waals surface area contributed by atoms with Crippen LogP contribution in [0.5, 0.6) is 5.75 Å². The van der Waals surface area contributed by atoms with Gasteiger partial charge in [-0.25, -0.2) is 18.0 Å². The zero-order chi connectivity index (χ0) is 25.9. The van der Waals surface area contributed by atoms with E-state index in [4.69, 9.17) is 32.4 Å². The number of benzene rings is 2. The lowest BCUT2D eigenvalue weighted by Gasteiger charge is -2.18. The topological polar surface area (TPSA) is 118 Å². The summed E-state index contributed by atoms with van der Waals surface area (Å²) >= 11 is 12.9. The molecule has 0 aliphatic carbocycles. The van der Waals surface area contributed by atoms with Crippen LogP contribution in [-0.2, 0) is 23.0 Å². The predicted octanol–water partition coefficient (Wildman–Crippen LogP) is 4.23. The second-order valence-corrected chi connectivity index (χ2v) is 10.8. The lowest BCUT2D eigenvalue weighted by atomic mass is 9.97. The Bertz CT molecular complexity index is 1440. The van der Waals surface area contributed by atoms with E-state index >= 15 is 0 Å². The number of rotatable bonds is 8. The van der Waals surface area contributed by atoms with E-state index in [1.54, 1.807) is 24.3 Å². The molecule has 188 valence electrons. The fourth-order valence-corrected chi connectivity index (χ4v) is 4.58. The number of ether oxygens (including phenoxy) is 1. The van der Waals surface area contributed by atoms with Crippen LogP contribution in [0.15, 0.2) is 39.5 Å². The molecule has 1 heterocycles. The van der Waals surface area contributed by atoms with Crippen LogP contribution in [0.25, 0.3) is 11.0 Å². The quantitative estimate of drug-likeness (QED) is 0.409. The average Bonchev–Trinajstić information content (AvgIpc) is 2.79. The van der Waals surface area contributed by atoms with Gasteiger partial charge in [-0.1, -0.05) is 35.3 Å². The largest absolute Gasteiger partial charge is 0.422 e. The highest BCUT2D eigenvalue weighted by Crippen LogP contribution is 2.34. The summed E-state index contributed by atoms with van der Waals surface area (Å²) < 4.78 is 37.2. The van der Waals surface area contributed by atoms with Gasteiger partial charge < -0.3 is 19.4 Å². The molecule has 0 spiro atoms. The summed E-state index contributed by atoms with van der Waals surface area (Å²) in [7, 11) is 1.57. The number of fused-ring (bicyclic) bond motifs is 1. The Hall–Kier alpha value is -2.79. The van der Waals surface area contributed by atoms with Crippen molar-refractivity contribution in [2.24, 2.45) is 0 Å². The maximum Gasteiger partial charge on any atom is 0.412 e. The highest BCUT2D eigenvalue weighted by atomic mass is 35.5. The first-order valence-corrected chi connectivity index (χ1v) is 13.0. The third-order valence-electron chi connectivity index (χ3n) is 5.15. The first-order valence-electron chi connectivity index (χ1n) is 10.6. The van der Waals surface area contributed by atoms with E-state index in [2.05, 4.69) is 10.0 Å². The van der Waals surface area contributed by atoms with Crippen LogP contribution in [0.4, 0.5) is 10.5 Å². The standard InChI is InChI=1S/C23H25Cl2N3O6S/c1-5-35(31,32)27-18-8-6-7-13(21(18)25)9-15-16(12-28(3)4)14-10-17(24)20(34-23(30)26-2)11-19(14)33-22(15)29/h6-8,10-11,27H,5,9,12H2,1-4H3,(H,26,30). The van der Waals surface area contributed by atoms with Crippen LogP contribution < -0.4 is 20.4 Å². The molecular weight excluding hydrogens is 517 g/mol. The van der Waals surface area contributed by atoms with Crippen LogP contribution >= 0.6 is 23.2 Å². The van der Waals surface area contributed by atoms with E-state index in [9.17, 15) is 18.0 Å². The zero-order valence-electron chi connectivity index (χ0n) is 19.6. The molecule has 1 aromatic heterocycles. The van der Waals surface area contributed by atoms with E-state index in [1.807, 2.05) is 19.0 Å². The zero-order valence-corrected chi connectivity index (χ0v) is 21.9. The van der Waals surface area contributed by atoms with Gasteiger partial charge in [0.05, 0.1) is 21.5 Å². The number of sulfonamides is 1. The van der Waals surface area contributed by atoms with Crippen molar-refractivity contribution in [3.63, 3.8) is 0 Å². The lowest BCUT2D eigenvalue weighted by Crippen LogP contribution is -2.22. The Morgan fingerprint density at radius 2 is 1.89 bits per heavy atom. The van der Waals surface area contributed by atoms with Crippen LogP contribution in [-0.4, -0.2) is 46.3 Å². The van der Waals surface area contributed by atoms with E-state index < -0.39 is 21.7 Å². The second kappa shape index (κ2) is 10.9. The summed E-state index contributed by atoms with van der Waals surface area (Å²) in [5.74, 6) is -0.0644. The molecule has 0 saturated heterocycles. The highest BCUT2D eigenvalue weighted by Gasteiger charge is 2.21. The smallest absolute Gasteiger partial charge is 0.412 e. The molecule has 3 rings (SSSR count). The monoisotopic (exact) mass is 541 g/mol. The molecule has 0 atom stereocenters. The summed E-state index contributed by atoms with van der Waals surface area (Å²) in [6.45, 7) is 1.90. The minimum absolute atomic E-state index is 0.0455. The first-order chi connectivity index (χ1) is 16.5. The Morgan fingerprint density at radius 1 is 1.17 bits per heavy atom. The van der Waals surface area contributed by atoms with Crippen LogP contribution in [0.1, 0.15) is 23.6 Å². The molecule has 2 aromatic carbocycles. The lowest BCUT2D eigenvalue weighted by molar-refractivity contribution is 0.203. The van der Waals surface area contributed by atoms with E-state index in [-0.39, 0.29) is 39.2 Å². The molecule has 0 radical (unpaired) electrons. The van der Waals surface area contributed by atoms with Gasteiger partial charge in [0.2, 0.25) is 10.0 Å². The van der Waals surface area contributed by atoms with E-state index in [0.717, 1.165) is 0 Å². The Morgan fingerprint density at radius 3 is 2.51 bits per heavy atom. The molecule has 0 unspecified atom stereocenters. The van der Waals surface area contributed by atoms with Gasteiger partial charge in [0, 0.05) is 37.0 Å². The summed E-state index contributed by atoms with van der Waals surface area (Å²) in [6, 6.07) is 7.89. The molecule has 0 bridgehead atoms. The Balaban J connectivity index is 2.15. The predicted molar refractivity (Wildman–Crippen MR) is 137 cm³/mol. The number of hydrogen-bond donors (Lipinski definition) is 2. The molecular formula is C23H25Cl2N3O6S. The number of nitrogens with zero attached hydrogens (tertiary/aromatic N) is 1. The van der Waals surface area contributed by atoms with Gasteiger partial charge in [-0.15, -0.1) is 0 Å². The van der Waals surface area contributed by atoms with Crippen molar-refractivity contribution in [3.05, 3.63) is 67.5 Å². The number of nitrogens with one attached hydrogen (secondary N) is 2. The van der Waals surface area contributed by atoms with Crippen molar-refractivity contribution >= 4 is 56.0 Å². The highest BCUT2D eigenvalue weighted by molar-refractivity contribution is 7.92. The number of hydrogen-bond acceptors (Lipinski definition) is 7. The second-order valence-electron chi connectivity index (χ2n) is 7.96. The van der Waals surface area contributed by atoms with Crippen molar-refractivity contribution < 1.29 is 22.4 Å². The summed E-state index contributed by atoms with van der Waals surface area (Å²) in [4.78, 5) is 26.6. The fourth-order valence-electron chi connectivity index (χ4n) is 3.43. The summed E-state index contributed by atoms with van der Waals surface area (Å²) in [5.41, 5.74) is 1.38. The molecule has 9 nitrogen and oxygen atoms in total. The normalized spacial score (nSPS) is 11.6. The van der Waals surface area contributed by atoms with Gasteiger partial charge >= 0.3 is 11.7 Å². The number of carbonyl (C=O) groups excluding carboxylic acids is 1. The number of amides is 1. The number of carbonyl (C=O) groups is 1. The fraction of sp³-hybridized carbons (Fsp3) is 0.304. The van der Waals surface area contributed by atoms with Gasteiger partial charge in [-0.3, -0.25) is 4.72 Å². The Kier molecular flexibility index (Phi) is 8.32.